The van der Waals surface area contributed by atoms with Crippen LogP contribution >= 0.6 is 0 Å². The highest BCUT2D eigenvalue weighted by molar-refractivity contribution is 5.88. The number of aryl methyl sites for hydroxylation is 1. The van der Waals surface area contributed by atoms with Gasteiger partial charge in [0, 0.05) is 61.8 Å². The number of nitrogens with one attached hydrogen (secondary N) is 3. The first-order valence-corrected chi connectivity index (χ1v) is 20.4. The molecule has 56 heavy (non-hydrogen) atoms. The van der Waals surface area contributed by atoms with Crippen LogP contribution in [0.4, 0.5) is 0 Å². The summed E-state index contributed by atoms with van der Waals surface area (Å²) in [6.07, 6.45) is 9.58. The van der Waals surface area contributed by atoms with E-state index in [4.69, 9.17) is 4.74 Å². The van der Waals surface area contributed by atoms with E-state index in [0.29, 0.717) is 26.2 Å². The molecule has 0 radical (unpaired) electrons. The molecule has 0 aliphatic carbocycles. The number of likely N-dealkylation sites (tertiary alicyclic amines) is 1. The Labute approximate surface area is 330 Å². The minimum absolute atomic E-state index is 0.0110. The largest absolute Gasteiger partial charge is 0.380 e. The molecule has 2 saturated heterocycles. The van der Waals surface area contributed by atoms with Crippen molar-refractivity contribution >= 4 is 33.6 Å². The Morgan fingerprint density at radius 1 is 0.714 bits per heavy atom. The van der Waals surface area contributed by atoms with Gasteiger partial charge >= 0.3 is 0 Å². The van der Waals surface area contributed by atoms with Gasteiger partial charge in [-0.3, -0.25) is 9.59 Å². The highest BCUT2D eigenvalue weighted by Gasteiger charge is 2.21. The van der Waals surface area contributed by atoms with Gasteiger partial charge in [-0.15, -0.1) is 0 Å². The van der Waals surface area contributed by atoms with Crippen molar-refractivity contribution in [2.24, 2.45) is 0 Å². The molecule has 3 N–H and O–H groups in total. The van der Waals surface area contributed by atoms with Crippen LogP contribution in [0.25, 0.3) is 44.1 Å². The summed E-state index contributed by atoms with van der Waals surface area (Å²) in [6.45, 7) is 8.50. The number of fused-ring (bicyclic) bond motifs is 2. The third-order valence-corrected chi connectivity index (χ3v) is 11.5. The van der Waals surface area contributed by atoms with E-state index in [1.165, 1.54) is 36.0 Å². The lowest BCUT2D eigenvalue weighted by Gasteiger charge is -2.26. The normalized spacial score (nSPS) is 16.7. The summed E-state index contributed by atoms with van der Waals surface area (Å²) in [5.41, 5.74) is 9.08. The van der Waals surface area contributed by atoms with Gasteiger partial charge < -0.3 is 34.7 Å². The van der Waals surface area contributed by atoms with Crippen LogP contribution in [-0.2, 0) is 33.8 Å². The van der Waals surface area contributed by atoms with Gasteiger partial charge in [0.1, 0.15) is 13.1 Å². The zero-order chi connectivity index (χ0) is 38.3. The van der Waals surface area contributed by atoms with E-state index < -0.39 is 0 Å². The molecule has 2 amide bonds. The van der Waals surface area contributed by atoms with Crippen LogP contribution in [-0.4, -0.2) is 83.9 Å². The predicted molar refractivity (Wildman–Crippen MR) is 226 cm³/mol. The number of carbonyl (C=O) groups excluding carboxylic acids is 2. The molecule has 2 atom stereocenters. The quantitative estimate of drug-likeness (QED) is 0.106. The number of hydrogen-bond acceptors (Lipinski definition) is 5. The number of ether oxygens (including phenoxy) is 1. The van der Waals surface area contributed by atoms with Gasteiger partial charge in [0.15, 0.2) is 0 Å². The molecule has 8 rings (SSSR count). The van der Waals surface area contributed by atoms with Crippen molar-refractivity contribution in [3.63, 3.8) is 0 Å². The van der Waals surface area contributed by atoms with Crippen LogP contribution in [0.15, 0.2) is 109 Å². The molecule has 4 heterocycles. The fraction of sp³-hybridized carbons (Fsp3) is 0.362. The second-order valence-corrected chi connectivity index (χ2v) is 15.7. The molecule has 4 aromatic carbocycles. The molecular formula is C47H54N6O3. The average Bonchev–Trinajstić information content (AvgIpc) is 3.99. The van der Waals surface area contributed by atoms with Crippen molar-refractivity contribution in [2.75, 3.05) is 45.9 Å². The molecule has 2 aromatic heterocycles. The molecular weight excluding hydrogens is 697 g/mol. The molecule has 2 aliphatic rings. The van der Waals surface area contributed by atoms with Crippen LogP contribution in [0.3, 0.4) is 0 Å². The Balaban J connectivity index is 0.889. The molecule has 2 fully saturated rings. The fourth-order valence-corrected chi connectivity index (χ4v) is 8.25. The first-order valence-electron chi connectivity index (χ1n) is 20.4. The molecule has 0 saturated carbocycles. The summed E-state index contributed by atoms with van der Waals surface area (Å²) in [7, 11) is 0. The van der Waals surface area contributed by atoms with Gasteiger partial charge in [0.2, 0.25) is 11.8 Å². The Morgan fingerprint density at radius 3 is 1.91 bits per heavy atom. The van der Waals surface area contributed by atoms with Gasteiger partial charge in [-0.1, -0.05) is 84.8 Å². The molecule has 0 bridgehead atoms. The zero-order valence-electron chi connectivity index (χ0n) is 32.5. The summed E-state index contributed by atoms with van der Waals surface area (Å²) in [6, 6.07) is 34.7. The fourth-order valence-electron chi connectivity index (χ4n) is 8.25. The van der Waals surface area contributed by atoms with Gasteiger partial charge in [-0.25, -0.2) is 0 Å². The van der Waals surface area contributed by atoms with E-state index >= 15 is 0 Å². The molecule has 0 spiro atoms. The molecule has 2 aliphatic heterocycles. The van der Waals surface area contributed by atoms with E-state index in [1.807, 2.05) is 21.5 Å². The second-order valence-electron chi connectivity index (χ2n) is 15.7. The lowest BCUT2D eigenvalue weighted by atomic mass is 9.99. The first-order chi connectivity index (χ1) is 27.4. The maximum absolute atomic E-state index is 13.4. The van der Waals surface area contributed by atoms with Crippen LogP contribution in [0.1, 0.15) is 36.8 Å². The van der Waals surface area contributed by atoms with Crippen LogP contribution < -0.4 is 16.0 Å². The second kappa shape index (κ2) is 17.7. The topological polar surface area (TPSA) is 92.6 Å². The molecule has 290 valence electrons. The summed E-state index contributed by atoms with van der Waals surface area (Å²) in [4.78, 5) is 28.7. The smallest absolute Gasteiger partial charge is 0.239 e. The van der Waals surface area contributed by atoms with Gasteiger partial charge in [0.05, 0.1) is 6.61 Å². The Morgan fingerprint density at radius 2 is 1.30 bits per heavy atom. The summed E-state index contributed by atoms with van der Waals surface area (Å²) >= 11 is 0. The van der Waals surface area contributed by atoms with Crippen LogP contribution in [0, 0.1) is 6.92 Å². The number of aromatic nitrogens is 2. The number of carbonyl (C=O) groups is 2. The third-order valence-electron chi connectivity index (χ3n) is 11.5. The van der Waals surface area contributed by atoms with Crippen molar-refractivity contribution in [3.8, 4) is 22.3 Å². The number of benzene rings is 4. The standard InChI is InChI=1S/C47H54N6O3/c1-34-5-9-36(10-6-34)40-15-13-39-18-24-53(45(39)28-40)32-47(55)49-30-43(50-42-19-26-56-33-42)27-35-7-11-37(12-8-35)41-16-14-38-17-23-52(44(38)29-41)31-46(54)48-20-25-51-21-3-2-4-22-51/h5-18,23-24,28-29,42-43,50H,2-4,19-22,25-27,30-33H2,1H3,(H,48,54)(H,49,55). The molecule has 2 unspecified atom stereocenters. The number of piperidine rings is 1. The average molecular weight is 751 g/mol. The van der Waals surface area contributed by atoms with Gasteiger partial charge in [0.25, 0.3) is 0 Å². The summed E-state index contributed by atoms with van der Waals surface area (Å²) < 4.78 is 9.75. The monoisotopic (exact) mass is 750 g/mol. The minimum atomic E-state index is -0.0110. The van der Waals surface area contributed by atoms with Crippen molar-refractivity contribution in [1.82, 2.24) is 30.0 Å². The maximum Gasteiger partial charge on any atom is 0.239 e. The van der Waals surface area contributed by atoms with Crippen LogP contribution in [0.2, 0.25) is 0 Å². The molecule has 9 nitrogen and oxygen atoms in total. The highest BCUT2D eigenvalue weighted by Crippen LogP contribution is 2.27. The summed E-state index contributed by atoms with van der Waals surface area (Å²) in [5.74, 6) is 0.0339. The van der Waals surface area contributed by atoms with Crippen molar-refractivity contribution in [3.05, 3.63) is 121 Å². The number of nitrogens with zero attached hydrogens (tertiary/aromatic N) is 3. The zero-order valence-corrected chi connectivity index (χ0v) is 32.5. The molecule has 9 heteroatoms. The van der Waals surface area contributed by atoms with E-state index in [1.54, 1.807) is 0 Å². The van der Waals surface area contributed by atoms with Crippen molar-refractivity contribution < 1.29 is 14.3 Å². The number of hydrogen-bond donors (Lipinski definition) is 3. The van der Waals surface area contributed by atoms with E-state index in [2.05, 4.69) is 125 Å². The van der Waals surface area contributed by atoms with Crippen molar-refractivity contribution in [2.45, 2.75) is 64.2 Å². The van der Waals surface area contributed by atoms with E-state index in [9.17, 15) is 9.59 Å². The van der Waals surface area contributed by atoms with Gasteiger partial charge in [-0.2, -0.15) is 0 Å². The number of rotatable bonds is 15. The highest BCUT2D eigenvalue weighted by atomic mass is 16.5. The van der Waals surface area contributed by atoms with Gasteiger partial charge in [-0.05, 0) is 109 Å². The summed E-state index contributed by atoms with van der Waals surface area (Å²) in [5, 5.41) is 12.4. The lowest BCUT2D eigenvalue weighted by Crippen LogP contribution is -2.47. The maximum atomic E-state index is 13.4. The molecule has 6 aromatic rings. The SMILES string of the molecule is Cc1ccc(-c2ccc3ccn(CC(=O)NCC(Cc4ccc(-c5ccc6ccn(CC(=O)NCCN7CCCCC7)c6c5)cc4)NC4CCOC4)c3c2)cc1. The van der Waals surface area contributed by atoms with Crippen LogP contribution in [0.5, 0.6) is 0 Å². The number of amides is 2. The van der Waals surface area contributed by atoms with Crippen molar-refractivity contribution in [1.29, 1.82) is 0 Å². The third kappa shape index (κ3) is 9.41. The first kappa shape index (κ1) is 37.7. The van der Waals surface area contributed by atoms with E-state index in [0.717, 1.165) is 77.6 Å². The minimum Gasteiger partial charge on any atom is -0.380 e. The Kier molecular flexibility index (Phi) is 11.9. The van der Waals surface area contributed by atoms with E-state index in [-0.39, 0.29) is 30.4 Å². The Bertz CT molecular complexity index is 2240. The lowest BCUT2D eigenvalue weighted by molar-refractivity contribution is -0.122. The Hall–Kier alpha value is -5.22. The predicted octanol–water partition coefficient (Wildman–Crippen LogP) is 6.95.